The van der Waals surface area contributed by atoms with Gasteiger partial charge in [0.2, 0.25) is 5.91 Å². The highest BCUT2D eigenvalue weighted by Gasteiger charge is 2.19. The van der Waals surface area contributed by atoms with Gasteiger partial charge >= 0.3 is 0 Å². The lowest BCUT2D eigenvalue weighted by molar-refractivity contribution is -0.118. The Morgan fingerprint density at radius 3 is 2.63 bits per heavy atom. The van der Waals surface area contributed by atoms with Gasteiger partial charge in [0.15, 0.2) is 17.1 Å². The van der Waals surface area contributed by atoms with Crippen LogP contribution in [0.1, 0.15) is 30.0 Å². The predicted octanol–water partition coefficient (Wildman–Crippen LogP) is 4.32. The lowest BCUT2D eigenvalue weighted by Gasteiger charge is -2.15. The fourth-order valence-corrected chi connectivity index (χ4v) is 3.64. The number of hydrogen-bond donors (Lipinski definition) is 1. The monoisotopic (exact) mass is 422 g/mol. The summed E-state index contributed by atoms with van der Waals surface area (Å²) in [7, 11) is 0. The zero-order chi connectivity index (χ0) is 21.3. The van der Waals surface area contributed by atoms with Crippen molar-refractivity contribution in [2.24, 2.45) is 0 Å². The molecule has 0 radical (unpaired) electrons. The molecular weight excluding hydrogens is 396 g/mol. The minimum atomic E-state index is -0.287. The third kappa shape index (κ3) is 5.97. The summed E-state index contributed by atoms with van der Waals surface area (Å²) in [5.41, 5.74) is 2.27. The van der Waals surface area contributed by atoms with Gasteiger partial charge in [0.1, 0.15) is 5.75 Å². The molecule has 0 aliphatic heterocycles. The highest BCUT2D eigenvalue weighted by atomic mass is 32.2. The summed E-state index contributed by atoms with van der Waals surface area (Å²) in [4.78, 5) is 12.3. The summed E-state index contributed by atoms with van der Waals surface area (Å²) in [5.74, 6) is 1.67. The summed E-state index contributed by atoms with van der Waals surface area (Å²) < 4.78 is 7.91. The van der Waals surface area contributed by atoms with Crippen LogP contribution >= 0.6 is 11.8 Å². The van der Waals surface area contributed by atoms with E-state index in [-0.39, 0.29) is 17.8 Å². The Bertz CT molecular complexity index is 971. The number of aromatic nitrogens is 3. The number of hydrogen-bond acceptors (Lipinski definition) is 5. The third-order valence-electron chi connectivity index (χ3n) is 4.42. The molecule has 1 aromatic heterocycles. The number of amides is 1. The number of carbonyl (C=O) groups is 1. The van der Waals surface area contributed by atoms with Crippen LogP contribution in [0.5, 0.6) is 5.75 Å². The minimum absolute atomic E-state index is 0.0520. The minimum Gasteiger partial charge on any atom is -0.483 e. The molecule has 156 valence electrons. The Kier molecular flexibility index (Phi) is 7.68. The second-order valence-electron chi connectivity index (χ2n) is 6.86. The molecule has 30 heavy (non-hydrogen) atoms. The van der Waals surface area contributed by atoms with Crippen LogP contribution in [0.4, 0.5) is 0 Å². The molecule has 0 unspecified atom stereocenters. The van der Waals surface area contributed by atoms with Crippen LogP contribution in [0.15, 0.2) is 72.4 Å². The van der Waals surface area contributed by atoms with Crippen LogP contribution in [0, 0.1) is 6.92 Å². The predicted molar refractivity (Wildman–Crippen MR) is 119 cm³/mol. The second kappa shape index (κ2) is 10.6. The number of carbonyl (C=O) groups excluding carboxylic acids is 1. The largest absolute Gasteiger partial charge is 0.483 e. The van der Waals surface area contributed by atoms with Gasteiger partial charge in [0.05, 0.1) is 5.75 Å². The topological polar surface area (TPSA) is 69.0 Å². The van der Waals surface area contributed by atoms with Crippen molar-refractivity contribution in [2.75, 3.05) is 5.75 Å². The Hall–Kier alpha value is -3.06. The van der Waals surface area contributed by atoms with Crippen LogP contribution in [-0.2, 0) is 17.9 Å². The number of nitrogens with zero attached hydrogens (tertiary/aromatic N) is 3. The molecule has 1 heterocycles. The van der Waals surface area contributed by atoms with Crippen LogP contribution in [0.2, 0.25) is 0 Å². The van der Waals surface area contributed by atoms with Crippen molar-refractivity contribution < 1.29 is 9.53 Å². The number of benzene rings is 2. The van der Waals surface area contributed by atoms with E-state index in [1.807, 2.05) is 73.0 Å². The van der Waals surface area contributed by atoms with Gasteiger partial charge in [0.25, 0.3) is 0 Å². The molecule has 0 saturated carbocycles. The summed E-state index contributed by atoms with van der Waals surface area (Å²) in [5, 5.41) is 12.2. The summed E-state index contributed by atoms with van der Waals surface area (Å²) in [6.07, 6.45) is 1.49. The van der Waals surface area contributed by atoms with Crippen molar-refractivity contribution >= 4 is 17.7 Å². The molecule has 0 saturated heterocycles. The first-order valence-corrected chi connectivity index (χ1v) is 10.8. The zero-order valence-electron chi connectivity index (χ0n) is 17.2. The molecule has 0 bridgehead atoms. The number of para-hydroxylation sites is 1. The first kappa shape index (κ1) is 21.6. The van der Waals surface area contributed by atoms with Gasteiger partial charge < -0.3 is 10.1 Å². The van der Waals surface area contributed by atoms with Gasteiger partial charge in [-0.3, -0.25) is 9.36 Å². The van der Waals surface area contributed by atoms with E-state index < -0.39 is 0 Å². The number of nitrogens with one attached hydrogen (secondary N) is 1. The van der Waals surface area contributed by atoms with Crippen molar-refractivity contribution in [1.29, 1.82) is 0 Å². The third-order valence-corrected chi connectivity index (χ3v) is 5.39. The van der Waals surface area contributed by atoms with E-state index in [0.717, 1.165) is 11.3 Å². The van der Waals surface area contributed by atoms with E-state index in [4.69, 9.17) is 4.74 Å². The first-order valence-electron chi connectivity index (χ1n) is 9.77. The SMILES string of the molecule is C=CCn1c(SCC(=O)NCc2ccc(C)cc2)nnc1[C@@H](C)Oc1ccccc1. The number of thioether (sulfide) groups is 1. The van der Waals surface area contributed by atoms with Crippen LogP contribution in [0.3, 0.4) is 0 Å². The number of rotatable bonds is 10. The maximum absolute atomic E-state index is 12.3. The van der Waals surface area contributed by atoms with Crippen molar-refractivity contribution in [2.45, 2.75) is 38.2 Å². The molecule has 7 heteroatoms. The van der Waals surface area contributed by atoms with E-state index in [9.17, 15) is 4.79 Å². The van der Waals surface area contributed by atoms with Crippen molar-refractivity contribution in [1.82, 2.24) is 20.1 Å². The maximum atomic E-state index is 12.3. The maximum Gasteiger partial charge on any atom is 0.230 e. The molecule has 0 fully saturated rings. The summed E-state index contributed by atoms with van der Waals surface area (Å²) in [6, 6.07) is 17.7. The quantitative estimate of drug-likeness (QED) is 0.389. The molecule has 3 aromatic rings. The van der Waals surface area contributed by atoms with E-state index in [0.29, 0.717) is 24.1 Å². The fourth-order valence-electron chi connectivity index (χ4n) is 2.85. The molecule has 1 amide bonds. The lowest BCUT2D eigenvalue weighted by Crippen LogP contribution is -2.24. The van der Waals surface area contributed by atoms with Crippen LogP contribution in [-0.4, -0.2) is 26.4 Å². The average molecular weight is 423 g/mol. The molecular formula is C23H26N4O2S. The molecule has 0 aliphatic carbocycles. The van der Waals surface area contributed by atoms with E-state index in [2.05, 4.69) is 22.1 Å². The molecule has 0 spiro atoms. The van der Waals surface area contributed by atoms with Gasteiger partial charge in [0, 0.05) is 13.1 Å². The van der Waals surface area contributed by atoms with Crippen molar-refractivity contribution in [3.8, 4) is 5.75 Å². The van der Waals surface area contributed by atoms with Gasteiger partial charge in [-0.05, 0) is 31.5 Å². The smallest absolute Gasteiger partial charge is 0.230 e. The molecule has 1 N–H and O–H groups in total. The lowest BCUT2D eigenvalue weighted by atomic mass is 10.1. The molecule has 3 rings (SSSR count). The van der Waals surface area contributed by atoms with Crippen molar-refractivity contribution in [3.63, 3.8) is 0 Å². The Balaban J connectivity index is 1.59. The highest BCUT2D eigenvalue weighted by Crippen LogP contribution is 2.24. The van der Waals surface area contributed by atoms with Gasteiger partial charge in [-0.15, -0.1) is 16.8 Å². The van der Waals surface area contributed by atoms with Gasteiger partial charge in [-0.25, -0.2) is 0 Å². The number of allylic oxidation sites excluding steroid dienone is 1. The second-order valence-corrected chi connectivity index (χ2v) is 7.81. The number of aryl methyl sites for hydroxylation is 1. The highest BCUT2D eigenvalue weighted by molar-refractivity contribution is 7.99. The zero-order valence-corrected chi connectivity index (χ0v) is 18.1. The fraction of sp³-hybridized carbons (Fsp3) is 0.261. The molecule has 6 nitrogen and oxygen atoms in total. The molecule has 2 aromatic carbocycles. The van der Waals surface area contributed by atoms with Crippen molar-refractivity contribution in [3.05, 3.63) is 84.2 Å². The van der Waals surface area contributed by atoms with Gasteiger partial charge in [-0.1, -0.05) is 65.9 Å². The standard InChI is InChI=1S/C23H26N4O2S/c1-4-14-27-22(18(3)29-20-8-6-5-7-9-20)25-26-23(27)30-16-21(28)24-15-19-12-10-17(2)11-13-19/h4-13,18H,1,14-16H2,2-3H3,(H,24,28)/t18-/m1/s1. The van der Waals surface area contributed by atoms with Gasteiger partial charge in [-0.2, -0.15) is 0 Å². The molecule has 0 aliphatic rings. The average Bonchev–Trinajstić information content (AvgIpc) is 3.15. The van der Waals surface area contributed by atoms with Crippen LogP contribution < -0.4 is 10.1 Å². The summed E-state index contributed by atoms with van der Waals surface area (Å²) in [6.45, 7) is 8.84. The normalized spacial score (nSPS) is 11.7. The Labute approximate surface area is 181 Å². The molecule has 1 atom stereocenters. The Morgan fingerprint density at radius 1 is 1.20 bits per heavy atom. The van der Waals surface area contributed by atoms with E-state index in [1.54, 1.807) is 6.08 Å². The van der Waals surface area contributed by atoms with E-state index in [1.165, 1.54) is 17.3 Å². The summed E-state index contributed by atoms with van der Waals surface area (Å²) >= 11 is 1.35. The number of ether oxygens (including phenoxy) is 1. The van der Waals surface area contributed by atoms with Crippen LogP contribution in [0.25, 0.3) is 0 Å². The first-order chi connectivity index (χ1) is 14.6. The Morgan fingerprint density at radius 2 is 1.93 bits per heavy atom. The van der Waals surface area contributed by atoms with E-state index >= 15 is 0 Å².